The van der Waals surface area contributed by atoms with Crippen LogP contribution in [0.1, 0.15) is 11.1 Å². The number of halogens is 2. The van der Waals surface area contributed by atoms with E-state index in [1.54, 1.807) is 24.5 Å². The van der Waals surface area contributed by atoms with Gasteiger partial charge in [0.15, 0.2) is 5.16 Å². The number of aromatic nitrogens is 3. The molecule has 0 atom stereocenters. The van der Waals surface area contributed by atoms with Crippen molar-refractivity contribution < 1.29 is 8.78 Å². The van der Waals surface area contributed by atoms with E-state index < -0.39 is 0 Å². The number of rotatable bonds is 5. The smallest absolute Gasteiger partial charge is 0.169 e. The molecule has 0 bridgehead atoms. The molecule has 3 nitrogen and oxygen atoms in total. The lowest BCUT2D eigenvalue weighted by molar-refractivity contribution is 0.622. The summed E-state index contributed by atoms with van der Waals surface area (Å²) < 4.78 is 28.9. The highest BCUT2D eigenvalue weighted by Gasteiger charge is 2.12. The van der Waals surface area contributed by atoms with Crippen LogP contribution < -0.4 is 0 Å². The van der Waals surface area contributed by atoms with Crippen LogP contribution in [-0.2, 0) is 12.3 Å². The lowest BCUT2D eigenvalue weighted by atomic mass is 10.2. The maximum Gasteiger partial charge on any atom is 0.169 e. The summed E-state index contributed by atoms with van der Waals surface area (Å²) in [4.78, 5) is 8.85. The van der Waals surface area contributed by atoms with Crippen LogP contribution in [0.4, 0.5) is 8.78 Å². The van der Waals surface area contributed by atoms with Gasteiger partial charge in [-0.15, -0.1) is 0 Å². The number of benzene rings is 2. The Hall–Kier alpha value is -2.73. The van der Waals surface area contributed by atoms with Crippen LogP contribution in [-0.4, -0.2) is 14.5 Å². The van der Waals surface area contributed by atoms with Gasteiger partial charge in [0.05, 0.1) is 23.8 Å². The molecule has 0 unspecified atom stereocenters. The fraction of sp³-hybridized carbons (Fsp3) is 0.100. The molecular formula is C20H15F2N3S. The third kappa shape index (κ3) is 3.60. The van der Waals surface area contributed by atoms with Crippen molar-refractivity contribution in [3.63, 3.8) is 0 Å². The fourth-order valence-corrected chi connectivity index (χ4v) is 3.76. The number of pyridine rings is 1. The molecule has 130 valence electrons. The highest BCUT2D eigenvalue weighted by molar-refractivity contribution is 7.98. The van der Waals surface area contributed by atoms with E-state index in [0.717, 1.165) is 27.3 Å². The van der Waals surface area contributed by atoms with E-state index in [2.05, 4.69) is 9.97 Å². The minimum atomic E-state index is -0.265. The van der Waals surface area contributed by atoms with Crippen molar-refractivity contribution in [1.29, 1.82) is 0 Å². The topological polar surface area (TPSA) is 30.7 Å². The Balaban J connectivity index is 1.67. The minimum Gasteiger partial charge on any atom is -0.313 e. The van der Waals surface area contributed by atoms with Gasteiger partial charge in [0, 0.05) is 11.9 Å². The second-order valence-corrected chi connectivity index (χ2v) is 6.84. The van der Waals surface area contributed by atoms with E-state index >= 15 is 0 Å². The van der Waals surface area contributed by atoms with E-state index in [-0.39, 0.29) is 11.6 Å². The molecule has 2 aromatic heterocycles. The molecule has 0 radical (unpaired) electrons. The molecule has 4 rings (SSSR count). The first-order chi connectivity index (χ1) is 12.7. The highest BCUT2D eigenvalue weighted by atomic mass is 32.2. The monoisotopic (exact) mass is 367 g/mol. The summed E-state index contributed by atoms with van der Waals surface area (Å²) in [5.41, 5.74) is 3.45. The maximum absolute atomic E-state index is 13.5. The first-order valence-electron chi connectivity index (χ1n) is 8.11. The molecule has 0 saturated heterocycles. The normalized spacial score (nSPS) is 11.2. The van der Waals surface area contributed by atoms with E-state index in [4.69, 9.17) is 0 Å². The highest BCUT2D eigenvalue weighted by Crippen LogP contribution is 2.27. The SMILES string of the molecule is Fc1cccc(CSc2nc3ccncc3n2Cc2cccc(F)c2)c1. The van der Waals surface area contributed by atoms with Crippen molar-refractivity contribution in [3.05, 3.63) is 89.8 Å². The zero-order chi connectivity index (χ0) is 17.9. The van der Waals surface area contributed by atoms with Gasteiger partial charge in [-0.05, 0) is 41.5 Å². The van der Waals surface area contributed by atoms with Crippen molar-refractivity contribution in [2.45, 2.75) is 17.5 Å². The fourth-order valence-electron chi connectivity index (χ4n) is 2.80. The number of imidazole rings is 1. The molecular weight excluding hydrogens is 352 g/mol. The van der Waals surface area contributed by atoms with Crippen molar-refractivity contribution >= 4 is 22.8 Å². The first kappa shape index (κ1) is 16.7. The third-order valence-electron chi connectivity index (χ3n) is 4.00. The Kier molecular flexibility index (Phi) is 4.67. The Labute approximate surface area is 153 Å². The summed E-state index contributed by atoms with van der Waals surface area (Å²) in [6.07, 6.45) is 3.46. The van der Waals surface area contributed by atoms with Crippen LogP contribution in [0.15, 0.2) is 72.1 Å². The summed E-state index contributed by atoms with van der Waals surface area (Å²) >= 11 is 1.52. The molecule has 0 aliphatic carbocycles. The van der Waals surface area contributed by atoms with Gasteiger partial charge in [0.2, 0.25) is 0 Å². The lowest BCUT2D eigenvalue weighted by Crippen LogP contribution is -2.02. The lowest BCUT2D eigenvalue weighted by Gasteiger charge is -2.09. The molecule has 0 fully saturated rings. The van der Waals surface area contributed by atoms with Gasteiger partial charge in [0.1, 0.15) is 11.6 Å². The number of hydrogen-bond acceptors (Lipinski definition) is 3. The standard InChI is InChI=1S/C20H15F2N3S/c21-16-5-1-3-14(9-16)12-25-19-11-23-8-7-18(19)24-20(25)26-13-15-4-2-6-17(22)10-15/h1-11H,12-13H2. The zero-order valence-corrected chi connectivity index (χ0v) is 14.6. The summed E-state index contributed by atoms with van der Waals surface area (Å²) in [5.74, 6) is 0.0806. The second-order valence-electron chi connectivity index (χ2n) is 5.89. The van der Waals surface area contributed by atoms with Crippen molar-refractivity contribution in [3.8, 4) is 0 Å². The Morgan fingerprint density at radius 2 is 1.65 bits per heavy atom. The van der Waals surface area contributed by atoms with Crippen LogP contribution in [0.3, 0.4) is 0 Å². The molecule has 26 heavy (non-hydrogen) atoms. The second kappa shape index (κ2) is 7.25. The van der Waals surface area contributed by atoms with Crippen LogP contribution in [0.5, 0.6) is 0 Å². The Morgan fingerprint density at radius 3 is 2.42 bits per heavy atom. The predicted molar refractivity (Wildman–Crippen MR) is 99.0 cm³/mol. The maximum atomic E-state index is 13.5. The van der Waals surface area contributed by atoms with Gasteiger partial charge in [-0.1, -0.05) is 36.0 Å². The predicted octanol–water partition coefficient (Wildman–Crippen LogP) is 5.05. The van der Waals surface area contributed by atoms with Crippen LogP contribution in [0.25, 0.3) is 11.0 Å². The van der Waals surface area contributed by atoms with E-state index in [1.165, 1.54) is 36.0 Å². The number of nitrogens with zero attached hydrogens (tertiary/aromatic N) is 3. The van der Waals surface area contributed by atoms with E-state index in [0.29, 0.717) is 12.3 Å². The van der Waals surface area contributed by atoms with Gasteiger partial charge in [-0.2, -0.15) is 0 Å². The number of thioether (sulfide) groups is 1. The first-order valence-corrected chi connectivity index (χ1v) is 9.09. The van der Waals surface area contributed by atoms with Crippen molar-refractivity contribution in [2.75, 3.05) is 0 Å². The zero-order valence-electron chi connectivity index (χ0n) is 13.8. The third-order valence-corrected chi connectivity index (χ3v) is 5.05. The van der Waals surface area contributed by atoms with Gasteiger partial charge in [-0.25, -0.2) is 13.8 Å². The Morgan fingerprint density at radius 1 is 0.923 bits per heavy atom. The molecule has 0 saturated carbocycles. The molecule has 2 heterocycles. The summed E-state index contributed by atoms with van der Waals surface area (Å²) in [6.45, 7) is 0.492. The molecule has 2 aromatic carbocycles. The summed E-state index contributed by atoms with van der Waals surface area (Å²) in [7, 11) is 0. The summed E-state index contributed by atoms with van der Waals surface area (Å²) in [5, 5.41) is 0.793. The quantitative estimate of drug-likeness (QED) is 0.463. The van der Waals surface area contributed by atoms with Gasteiger partial charge >= 0.3 is 0 Å². The van der Waals surface area contributed by atoms with Gasteiger partial charge in [0.25, 0.3) is 0 Å². The molecule has 0 spiro atoms. The molecule has 4 aromatic rings. The number of hydrogen-bond donors (Lipinski definition) is 0. The molecule has 0 N–H and O–H groups in total. The molecule has 0 aliphatic heterocycles. The van der Waals surface area contributed by atoms with Crippen LogP contribution in [0.2, 0.25) is 0 Å². The van der Waals surface area contributed by atoms with E-state index in [9.17, 15) is 8.78 Å². The Bertz CT molecular complexity index is 1060. The minimum absolute atomic E-state index is 0.249. The summed E-state index contributed by atoms with van der Waals surface area (Å²) in [6, 6.07) is 14.9. The van der Waals surface area contributed by atoms with Crippen LogP contribution >= 0.6 is 11.8 Å². The molecule has 0 aliphatic rings. The number of fused-ring (bicyclic) bond motifs is 1. The van der Waals surface area contributed by atoms with Crippen LogP contribution in [0, 0.1) is 11.6 Å². The largest absolute Gasteiger partial charge is 0.313 e. The average Bonchev–Trinajstić information content (AvgIpc) is 2.98. The van der Waals surface area contributed by atoms with Crippen molar-refractivity contribution in [1.82, 2.24) is 14.5 Å². The van der Waals surface area contributed by atoms with Gasteiger partial charge in [-0.3, -0.25) is 4.98 Å². The average molecular weight is 367 g/mol. The van der Waals surface area contributed by atoms with Gasteiger partial charge < -0.3 is 4.57 Å². The van der Waals surface area contributed by atoms with Crippen molar-refractivity contribution in [2.24, 2.45) is 0 Å². The molecule has 6 heteroatoms. The van der Waals surface area contributed by atoms with E-state index in [1.807, 2.05) is 22.8 Å². The molecule has 0 amide bonds.